The van der Waals surface area contributed by atoms with Crippen molar-refractivity contribution in [3.8, 4) is 0 Å². The molecule has 1 aromatic heterocycles. The Morgan fingerprint density at radius 3 is 2.65 bits per heavy atom. The number of rotatable bonds is 1. The average Bonchev–Trinajstić information content (AvgIpc) is 2.56. The Kier molecular flexibility index (Phi) is 4.49. The number of thiophene rings is 1. The van der Waals surface area contributed by atoms with Crippen LogP contribution in [0.2, 0.25) is 5.02 Å². The van der Waals surface area contributed by atoms with Gasteiger partial charge in [0, 0.05) is 18.0 Å². The molecule has 2 heterocycles. The van der Waals surface area contributed by atoms with E-state index < -0.39 is 17.1 Å². The average molecular weight is 328 g/mol. The number of amides is 1. The summed E-state index contributed by atoms with van der Waals surface area (Å²) in [4.78, 5) is 13.0. The van der Waals surface area contributed by atoms with Gasteiger partial charge in [-0.1, -0.05) is 11.6 Å². The highest BCUT2D eigenvalue weighted by atomic mass is 35.5. The number of halogens is 4. The number of carbonyl (C=O) groups is 1. The van der Waals surface area contributed by atoms with Crippen LogP contribution in [-0.4, -0.2) is 30.7 Å². The maximum atomic E-state index is 12.8. The lowest BCUT2D eigenvalue weighted by Crippen LogP contribution is -2.33. The Morgan fingerprint density at radius 2 is 2.05 bits per heavy atom. The minimum atomic E-state index is -4.42. The van der Waals surface area contributed by atoms with Crippen molar-refractivity contribution < 1.29 is 22.7 Å². The molecule has 3 nitrogen and oxygen atoms in total. The molecule has 20 heavy (non-hydrogen) atoms. The smallest absolute Gasteiger partial charge is 0.427 e. The van der Waals surface area contributed by atoms with Gasteiger partial charge in [0.05, 0.1) is 11.6 Å². The van der Waals surface area contributed by atoms with Crippen molar-refractivity contribution in [2.45, 2.75) is 25.9 Å². The molecule has 1 aliphatic rings. The standard InChI is InChI=1S/C12H13ClF3NO2S/c1-2-19-11(18)17-5-3-7-8(4-6-17)20-10(9(7)13)12(14,15)16/h2-6H2,1H3. The first-order chi connectivity index (χ1) is 9.34. The summed E-state index contributed by atoms with van der Waals surface area (Å²) in [5.74, 6) is 0. The van der Waals surface area contributed by atoms with E-state index in [2.05, 4.69) is 0 Å². The van der Waals surface area contributed by atoms with Gasteiger partial charge in [-0.2, -0.15) is 13.2 Å². The van der Waals surface area contributed by atoms with Crippen LogP contribution >= 0.6 is 22.9 Å². The predicted molar refractivity (Wildman–Crippen MR) is 70.3 cm³/mol. The molecule has 0 saturated carbocycles. The van der Waals surface area contributed by atoms with E-state index >= 15 is 0 Å². The van der Waals surface area contributed by atoms with E-state index in [-0.39, 0.29) is 11.6 Å². The molecule has 1 amide bonds. The molecule has 0 saturated heterocycles. The van der Waals surface area contributed by atoms with Crippen molar-refractivity contribution in [2.24, 2.45) is 0 Å². The molecule has 8 heteroatoms. The summed E-state index contributed by atoms with van der Waals surface area (Å²) in [5.41, 5.74) is 0.510. The first-order valence-corrected chi connectivity index (χ1v) is 7.33. The number of ether oxygens (including phenoxy) is 1. The molecule has 0 spiro atoms. The SMILES string of the molecule is CCOC(=O)N1CCc2sc(C(F)(F)F)c(Cl)c2CC1. The second-order valence-corrected chi connectivity index (χ2v) is 5.81. The van der Waals surface area contributed by atoms with Crippen molar-refractivity contribution in [3.63, 3.8) is 0 Å². The van der Waals surface area contributed by atoms with Crippen LogP contribution in [-0.2, 0) is 23.8 Å². The summed E-state index contributed by atoms with van der Waals surface area (Å²) in [6, 6.07) is 0. The van der Waals surface area contributed by atoms with Crippen LogP contribution in [0.25, 0.3) is 0 Å². The van der Waals surface area contributed by atoms with Crippen LogP contribution in [0.4, 0.5) is 18.0 Å². The number of hydrogen-bond donors (Lipinski definition) is 0. The van der Waals surface area contributed by atoms with Crippen molar-refractivity contribution in [1.82, 2.24) is 4.90 Å². The zero-order valence-electron chi connectivity index (χ0n) is 10.7. The van der Waals surface area contributed by atoms with Crippen molar-refractivity contribution in [2.75, 3.05) is 19.7 Å². The summed E-state index contributed by atoms with van der Waals surface area (Å²) < 4.78 is 43.2. The number of nitrogens with zero attached hydrogens (tertiary/aromatic N) is 1. The summed E-state index contributed by atoms with van der Waals surface area (Å²) in [6.45, 7) is 2.65. The highest BCUT2D eigenvalue weighted by Gasteiger charge is 2.38. The molecule has 0 fully saturated rings. The van der Waals surface area contributed by atoms with Gasteiger partial charge in [0.15, 0.2) is 0 Å². The first-order valence-electron chi connectivity index (χ1n) is 6.13. The van der Waals surface area contributed by atoms with Gasteiger partial charge in [-0.05, 0) is 25.3 Å². The largest absolute Gasteiger partial charge is 0.450 e. The zero-order valence-corrected chi connectivity index (χ0v) is 12.3. The molecule has 112 valence electrons. The minimum Gasteiger partial charge on any atom is -0.450 e. The molecule has 1 aliphatic heterocycles. The lowest BCUT2D eigenvalue weighted by atomic mass is 10.1. The third-order valence-electron chi connectivity index (χ3n) is 3.05. The number of fused-ring (bicyclic) bond motifs is 1. The summed E-state index contributed by atoms with van der Waals surface area (Å²) in [6.07, 6.45) is -4.17. The van der Waals surface area contributed by atoms with Crippen LogP contribution in [0.3, 0.4) is 0 Å². The Hall–Kier alpha value is -0.950. The normalized spacial score (nSPS) is 15.8. The molecule has 2 rings (SSSR count). The van der Waals surface area contributed by atoms with E-state index in [0.717, 1.165) is 0 Å². The maximum Gasteiger partial charge on any atom is 0.427 e. The molecule has 0 radical (unpaired) electrons. The molecule has 0 N–H and O–H groups in total. The topological polar surface area (TPSA) is 29.5 Å². The van der Waals surface area contributed by atoms with Crippen molar-refractivity contribution >= 4 is 29.0 Å². The molecular weight excluding hydrogens is 315 g/mol. The monoisotopic (exact) mass is 327 g/mol. The Labute approximate surface area is 123 Å². The van der Waals surface area contributed by atoms with Crippen LogP contribution in [0.5, 0.6) is 0 Å². The van der Waals surface area contributed by atoms with E-state index in [9.17, 15) is 18.0 Å². The van der Waals surface area contributed by atoms with Gasteiger partial charge in [0.1, 0.15) is 4.88 Å². The summed E-state index contributed by atoms with van der Waals surface area (Å²) in [5, 5.41) is -0.219. The van der Waals surface area contributed by atoms with Gasteiger partial charge in [-0.15, -0.1) is 11.3 Å². The van der Waals surface area contributed by atoms with Crippen LogP contribution in [0.1, 0.15) is 22.2 Å². The molecule has 0 aliphatic carbocycles. The van der Waals surface area contributed by atoms with Gasteiger partial charge >= 0.3 is 12.3 Å². The second-order valence-electron chi connectivity index (χ2n) is 4.33. The number of hydrogen-bond acceptors (Lipinski definition) is 3. The molecule has 0 atom stereocenters. The van der Waals surface area contributed by atoms with Crippen LogP contribution < -0.4 is 0 Å². The fourth-order valence-electron chi connectivity index (χ4n) is 2.11. The zero-order chi connectivity index (χ0) is 14.9. The maximum absolute atomic E-state index is 12.8. The van der Waals surface area contributed by atoms with E-state index in [0.29, 0.717) is 47.7 Å². The highest BCUT2D eigenvalue weighted by Crippen LogP contribution is 2.44. The lowest BCUT2D eigenvalue weighted by molar-refractivity contribution is -0.134. The van der Waals surface area contributed by atoms with Crippen LogP contribution in [0, 0.1) is 0 Å². The quantitative estimate of drug-likeness (QED) is 0.781. The minimum absolute atomic E-state index is 0.219. The molecule has 0 bridgehead atoms. The van der Waals surface area contributed by atoms with Gasteiger partial charge in [0.25, 0.3) is 0 Å². The molecular formula is C12H13ClF3NO2S. The Morgan fingerprint density at radius 1 is 1.40 bits per heavy atom. The van der Waals surface area contributed by atoms with E-state index in [1.165, 1.54) is 4.90 Å². The van der Waals surface area contributed by atoms with Gasteiger partial charge < -0.3 is 9.64 Å². The second kappa shape index (κ2) is 5.81. The van der Waals surface area contributed by atoms with Gasteiger partial charge in [0.2, 0.25) is 0 Å². The number of alkyl halides is 3. The summed E-state index contributed by atoms with van der Waals surface area (Å²) >= 11 is 6.52. The third kappa shape index (κ3) is 3.03. The fraction of sp³-hybridized carbons (Fsp3) is 0.583. The van der Waals surface area contributed by atoms with Gasteiger partial charge in [-0.25, -0.2) is 4.79 Å². The number of carbonyl (C=O) groups excluding carboxylic acids is 1. The molecule has 1 aromatic rings. The van der Waals surface area contributed by atoms with Crippen molar-refractivity contribution in [1.29, 1.82) is 0 Å². The Balaban J connectivity index is 2.18. The van der Waals surface area contributed by atoms with Crippen molar-refractivity contribution in [3.05, 3.63) is 20.3 Å². The van der Waals surface area contributed by atoms with E-state index in [1.807, 2.05) is 0 Å². The Bertz CT molecular complexity index is 516. The lowest BCUT2D eigenvalue weighted by Gasteiger charge is -2.19. The van der Waals surface area contributed by atoms with E-state index in [1.54, 1.807) is 6.92 Å². The van der Waals surface area contributed by atoms with E-state index in [4.69, 9.17) is 16.3 Å². The molecule has 0 unspecified atom stereocenters. The molecule has 0 aromatic carbocycles. The first kappa shape index (κ1) is 15.4. The summed E-state index contributed by atoms with van der Waals surface area (Å²) in [7, 11) is 0. The highest BCUT2D eigenvalue weighted by molar-refractivity contribution is 7.13. The predicted octanol–water partition coefficient (Wildman–Crippen LogP) is 3.98. The van der Waals surface area contributed by atoms with Gasteiger partial charge in [-0.3, -0.25) is 0 Å². The van der Waals surface area contributed by atoms with Crippen LogP contribution in [0.15, 0.2) is 0 Å². The fourth-order valence-corrected chi connectivity index (χ4v) is 3.70. The third-order valence-corrected chi connectivity index (χ3v) is 4.92.